The third kappa shape index (κ3) is 22.0. The van der Waals surface area contributed by atoms with E-state index in [1.807, 2.05) is 0 Å². The first kappa shape index (κ1) is 25.9. The van der Waals surface area contributed by atoms with Gasteiger partial charge in [-0.15, -0.1) is 0 Å². The molecular weight excluding hydrogens is 342 g/mol. The molecule has 0 saturated carbocycles. The predicted molar refractivity (Wildman–Crippen MR) is 125 cm³/mol. The molecule has 0 aromatic rings. The Balaban J connectivity index is 3.57. The van der Waals surface area contributed by atoms with Crippen molar-refractivity contribution in [2.24, 2.45) is 5.92 Å². The molecule has 0 saturated heterocycles. The quantitative estimate of drug-likeness (QED) is 0.280. The van der Waals surface area contributed by atoms with E-state index in [0.29, 0.717) is 12.3 Å². The van der Waals surface area contributed by atoms with Crippen molar-refractivity contribution in [3.05, 3.63) is 72.9 Å². The summed E-state index contributed by atoms with van der Waals surface area (Å²) < 4.78 is 0. The molecule has 28 heavy (non-hydrogen) atoms. The highest BCUT2D eigenvalue weighted by Gasteiger charge is 1.99. The molecule has 0 aliphatic heterocycles. The summed E-state index contributed by atoms with van der Waals surface area (Å²) in [6.45, 7) is 7.13. The van der Waals surface area contributed by atoms with E-state index in [0.717, 1.165) is 51.5 Å². The van der Waals surface area contributed by atoms with Crippen molar-refractivity contribution < 1.29 is 4.79 Å². The summed E-state index contributed by atoms with van der Waals surface area (Å²) in [5.74, 6) is 0.656. The first-order chi connectivity index (χ1) is 13.7. The van der Waals surface area contributed by atoms with Gasteiger partial charge in [-0.05, 0) is 50.9 Å². The lowest BCUT2D eigenvalue weighted by molar-refractivity contribution is -0.121. The second-order valence-corrected chi connectivity index (χ2v) is 7.15. The van der Waals surface area contributed by atoms with Crippen LogP contribution in [0, 0.1) is 5.92 Å². The Kier molecular flexibility index (Phi) is 19.6. The van der Waals surface area contributed by atoms with E-state index in [9.17, 15) is 4.79 Å². The zero-order valence-electron chi connectivity index (χ0n) is 18.3. The van der Waals surface area contributed by atoms with Gasteiger partial charge in [0.2, 0.25) is 5.91 Å². The molecule has 1 N–H and O–H groups in total. The molecule has 0 atom stereocenters. The number of rotatable bonds is 16. The van der Waals surface area contributed by atoms with Crippen LogP contribution in [-0.2, 0) is 4.79 Å². The molecule has 0 aromatic carbocycles. The topological polar surface area (TPSA) is 29.1 Å². The predicted octanol–water partition coefficient (Wildman–Crippen LogP) is 7.24. The Morgan fingerprint density at radius 3 is 1.46 bits per heavy atom. The van der Waals surface area contributed by atoms with Crippen LogP contribution in [-0.4, -0.2) is 12.5 Å². The molecule has 0 rings (SSSR count). The number of carbonyl (C=O) groups excluding carboxylic acids is 1. The minimum Gasteiger partial charge on any atom is -0.356 e. The van der Waals surface area contributed by atoms with Gasteiger partial charge in [-0.25, -0.2) is 0 Å². The second kappa shape index (κ2) is 21.2. The van der Waals surface area contributed by atoms with Crippen LogP contribution in [0.25, 0.3) is 0 Å². The third-order valence-electron chi connectivity index (χ3n) is 3.84. The first-order valence-electron chi connectivity index (χ1n) is 10.8. The molecule has 0 spiro atoms. The van der Waals surface area contributed by atoms with E-state index in [1.165, 1.54) is 0 Å². The smallest absolute Gasteiger partial charge is 0.220 e. The molecule has 0 heterocycles. The standard InChI is InChI=1S/C26H41NO/c1-4-5-6-7-8-9-10-11-12-13-14-15-16-17-18-19-20-21-22-23-26(28)27-24-25(2)3/h5-6,8-9,11-12,14-15,17-18,20-21,25H,4,7,10,13,16,19,22-24H2,1-3H3,(H,27,28)/b6-5+,9-8+,12-11+,15-14+,18-17+,21-20+. The second-order valence-electron chi connectivity index (χ2n) is 7.15. The first-order valence-corrected chi connectivity index (χ1v) is 10.8. The molecule has 2 heteroatoms. The van der Waals surface area contributed by atoms with Crippen LogP contribution >= 0.6 is 0 Å². The Hall–Kier alpha value is -2.09. The van der Waals surface area contributed by atoms with Crippen molar-refractivity contribution in [2.75, 3.05) is 6.54 Å². The third-order valence-corrected chi connectivity index (χ3v) is 3.84. The lowest BCUT2D eigenvalue weighted by Gasteiger charge is -2.06. The summed E-state index contributed by atoms with van der Waals surface area (Å²) in [6.07, 6.45) is 33.7. The van der Waals surface area contributed by atoms with Crippen LogP contribution in [0.2, 0.25) is 0 Å². The molecule has 156 valence electrons. The van der Waals surface area contributed by atoms with Gasteiger partial charge in [-0.2, -0.15) is 0 Å². The van der Waals surface area contributed by atoms with Gasteiger partial charge in [0.15, 0.2) is 0 Å². The number of nitrogens with one attached hydrogen (secondary N) is 1. The average Bonchev–Trinajstić information content (AvgIpc) is 2.68. The molecule has 2 nitrogen and oxygen atoms in total. The van der Waals surface area contributed by atoms with Crippen LogP contribution in [0.3, 0.4) is 0 Å². The summed E-state index contributed by atoms with van der Waals surface area (Å²) >= 11 is 0. The van der Waals surface area contributed by atoms with Gasteiger partial charge in [-0.1, -0.05) is 93.7 Å². The summed E-state index contributed by atoms with van der Waals surface area (Å²) in [6, 6.07) is 0. The van der Waals surface area contributed by atoms with Crippen LogP contribution in [0.15, 0.2) is 72.9 Å². The number of carbonyl (C=O) groups is 1. The van der Waals surface area contributed by atoms with Crippen molar-refractivity contribution in [1.29, 1.82) is 0 Å². The highest BCUT2D eigenvalue weighted by molar-refractivity contribution is 5.75. The summed E-state index contributed by atoms with van der Waals surface area (Å²) in [5, 5.41) is 2.94. The lowest BCUT2D eigenvalue weighted by atomic mass is 10.2. The minimum atomic E-state index is 0.147. The fourth-order valence-electron chi connectivity index (χ4n) is 2.26. The summed E-state index contributed by atoms with van der Waals surface area (Å²) in [5.41, 5.74) is 0. The van der Waals surface area contributed by atoms with Crippen molar-refractivity contribution >= 4 is 5.91 Å². The zero-order valence-corrected chi connectivity index (χ0v) is 18.3. The molecule has 0 aromatic heterocycles. The van der Waals surface area contributed by atoms with Gasteiger partial charge in [-0.3, -0.25) is 4.79 Å². The Morgan fingerprint density at radius 1 is 0.679 bits per heavy atom. The van der Waals surface area contributed by atoms with E-state index in [-0.39, 0.29) is 5.91 Å². The lowest BCUT2D eigenvalue weighted by Crippen LogP contribution is -2.26. The van der Waals surface area contributed by atoms with Gasteiger partial charge in [0, 0.05) is 13.0 Å². The molecule has 0 radical (unpaired) electrons. The van der Waals surface area contributed by atoms with Crippen LogP contribution < -0.4 is 5.32 Å². The summed E-state index contributed by atoms with van der Waals surface area (Å²) in [4.78, 5) is 11.6. The van der Waals surface area contributed by atoms with Gasteiger partial charge in [0.05, 0.1) is 0 Å². The van der Waals surface area contributed by atoms with Gasteiger partial charge in [0.25, 0.3) is 0 Å². The van der Waals surface area contributed by atoms with Crippen molar-refractivity contribution in [2.45, 2.75) is 72.1 Å². The van der Waals surface area contributed by atoms with E-state index < -0.39 is 0 Å². The zero-order chi connectivity index (χ0) is 20.7. The molecule has 0 aliphatic rings. The monoisotopic (exact) mass is 383 g/mol. The van der Waals surface area contributed by atoms with Crippen molar-refractivity contribution in [1.82, 2.24) is 5.32 Å². The number of hydrogen-bond acceptors (Lipinski definition) is 1. The van der Waals surface area contributed by atoms with E-state index >= 15 is 0 Å². The highest BCUT2D eigenvalue weighted by atomic mass is 16.1. The highest BCUT2D eigenvalue weighted by Crippen LogP contribution is 1.98. The Bertz CT molecular complexity index is 533. The van der Waals surface area contributed by atoms with E-state index in [1.54, 1.807) is 0 Å². The van der Waals surface area contributed by atoms with Crippen LogP contribution in [0.1, 0.15) is 72.1 Å². The number of amides is 1. The number of allylic oxidation sites excluding steroid dienone is 12. The molecule has 0 unspecified atom stereocenters. The molecule has 0 bridgehead atoms. The SMILES string of the molecule is CC/C=C/C/C=C/C/C=C/C/C=C/C/C=C/C/C=C/CCC(=O)NCC(C)C. The van der Waals surface area contributed by atoms with Gasteiger partial charge >= 0.3 is 0 Å². The van der Waals surface area contributed by atoms with Crippen LogP contribution in [0.4, 0.5) is 0 Å². The minimum absolute atomic E-state index is 0.147. The largest absolute Gasteiger partial charge is 0.356 e. The van der Waals surface area contributed by atoms with Crippen LogP contribution in [0.5, 0.6) is 0 Å². The fourth-order valence-corrected chi connectivity index (χ4v) is 2.26. The Labute approximate surface area is 173 Å². The van der Waals surface area contributed by atoms with Gasteiger partial charge < -0.3 is 5.32 Å². The summed E-state index contributed by atoms with van der Waals surface area (Å²) in [7, 11) is 0. The van der Waals surface area contributed by atoms with Crippen molar-refractivity contribution in [3.63, 3.8) is 0 Å². The maximum Gasteiger partial charge on any atom is 0.220 e. The molecular formula is C26H41NO. The molecule has 0 fully saturated rings. The normalized spacial score (nSPS) is 13.0. The maximum atomic E-state index is 11.6. The molecule has 1 amide bonds. The van der Waals surface area contributed by atoms with Gasteiger partial charge in [0.1, 0.15) is 0 Å². The Morgan fingerprint density at radius 2 is 1.07 bits per heavy atom. The maximum absolute atomic E-state index is 11.6. The van der Waals surface area contributed by atoms with E-state index in [2.05, 4.69) is 99.0 Å². The number of hydrogen-bond donors (Lipinski definition) is 1. The average molecular weight is 384 g/mol. The molecule has 0 aliphatic carbocycles. The van der Waals surface area contributed by atoms with Crippen molar-refractivity contribution in [3.8, 4) is 0 Å². The van der Waals surface area contributed by atoms with E-state index in [4.69, 9.17) is 0 Å². The fraction of sp³-hybridized carbons (Fsp3) is 0.500.